The molecule has 21 heavy (non-hydrogen) atoms. The van der Waals surface area contributed by atoms with E-state index in [0.29, 0.717) is 6.04 Å². The third kappa shape index (κ3) is 4.42. The zero-order valence-electron chi connectivity index (χ0n) is 13.3. The molecule has 0 aliphatic carbocycles. The van der Waals surface area contributed by atoms with E-state index >= 15 is 0 Å². The van der Waals surface area contributed by atoms with Crippen LogP contribution in [-0.2, 0) is 12.1 Å². The molecule has 0 aliphatic rings. The van der Waals surface area contributed by atoms with Crippen molar-refractivity contribution < 1.29 is 0 Å². The zero-order valence-corrected chi connectivity index (χ0v) is 13.3. The van der Waals surface area contributed by atoms with Gasteiger partial charge in [-0.3, -0.25) is 4.90 Å². The van der Waals surface area contributed by atoms with Gasteiger partial charge in [-0.25, -0.2) is 0 Å². The van der Waals surface area contributed by atoms with Gasteiger partial charge in [-0.1, -0.05) is 60.7 Å². The number of hydrogen-bond donors (Lipinski definition) is 1. The smallest absolute Gasteiger partial charge is 0.0510 e. The van der Waals surface area contributed by atoms with Gasteiger partial charge in [-0.05, 0) is 31.9 Å². The Labute approximate surface area is 128 Å². The van der Waals surface area contributed by atoms with Gasteiger partial charge < -0.3 is 5.73 Å². The van der Waals surface area contributed by atoms with Crippen molar-refractivity contribution in [3.05, 3.63) is 71.8 Å². The molecule has 2 N–H and O–H groups in total. The van der Waals surface area contributed by atoms with Gasteiger partial charge in [0.1, 0.15) is 0 Å². The van der Waals surface area contributed by atoms with Gasteiger partial charge in [-0.2, -0.15) is 0 Å². The number of nitrogens with two attached hydrogens (primary N) is 1. The van der Waals surface area contributed by atoms with Gasteiger partial charge in [0, 0.05) is 19.1 Å². The Morgan fingerprint density at radius 3 is 2.00 bits per heavy atom. The first-order chi connectivity index (χ1) is 9.99. The van der Waals surface area contributed by atoms with E-state index in [2.05, 4.69) is 80.3 Å². The molecule has 2 heteroatoms. The third-order valence-electron chi connectivity index (χ3n) is 3.92. The van der Waals surface area contributed by atoms with Crippen LogP contribution < -0.4 is 5.73 Å². The Bertz CT molecular complexity index is 532. The fraction of sp³-hybridized carbons (Fsp3) is 0.368. The average Bonchev–Trinajstić information content (AvgIpc) is 2.48. The van der Waals surface area contributed by atoms with E-state index in [4.69, 9.17) is 5.73 Å². The van der Waals surface area contributed by atoms with E-state index in [1.165, 1.54) is 11.1 Å². The Balaban J connectivity index is 2.13. The van der Waals surface area contributed by atoms with Crippen LogP contribution in [0.3, 0.4) is 0 Å². The van der Waals surface area contributed by atoms with Gasteiger partial charge in [0.15, 0.2) is 0 Å². The average molecular weight is 282 g/mol. The van der Waals surface area contributed by atoms with E-state index in [-0.39, 0.29) is 5.54 Å². The van der Waals surface area contributed by atoms with Crippen molar-refractivity contribution in [1.29, 1.82) is 0 Å². The first-order valence-corrected chi connectivity index (χ1v) is 7.61. The molecule has 2 nitrogen and oxygen atoms in total. The maximum atomic E-state index is 6.59. The van der Waals surface area contributed by atoms with Crippen LogP contribution >= 0.6 is 0 Å². The summed E-state index contributed by atoms with van der Waals surface area (Å²) in [6, 6.07) is 21.4. The Hall–Kier alpha value is -1.64. The van der Waals surface area contributed by atoms with Crippen molar-refractivity contribution in [2.75, 3.05) is 6.54 Å². The number of hydrogen-bond acceptors (Lipinski definition) is 2. The zero-order chi connectivity index (χ0) is 15.3. The van der Waals surface area contributed by atoms with E-state index in [0.717, 1.165) is 13.1 Å². The molecular weight excluding hydrogens is 256 g/mol. The lowest BCUT2D eigenvalue weighted by atomic mass is 9.92. The van der Waals surface area contributed by atoms with Crippen molar-refractivity contribution in [3.63, 3.8) is 0 Å². The number of benzene rings is 2. The van der Waals surface area contributed by atoms with Crippen LogP contribution in [0.1, 0.15) is 31.9 Å². The fourth-order valence-corrected chi connectivity index (χ4v) is 2.57. The summed E-state index contributed by atoms with van der Waals surface area (Å²) in [5, 5.41) is 0. The van der Waals surface area contributed by atoms with Gasteiger partial charge in [-0.15, -0.1) is 0 Å². The quantitative estimate of drug-likeness (QED) is 0.874. The maximum Gasteiger partial charge on any atom is 0.0510 e. The van der Waals surface area contributed by atoms with Crippen molar-refractivity contribution in [1.82, 2.24) is 4.90 Å². The highest BCUT2D eigenvalue weighted by molar-refractivity contribution is 5.24. The van der Waals surface area contributed by atoms with E-state index in [1.807, 2.05) is 6.07 Å². The second kappa shape index (κ2) is 6.88. The SMILES string of the molecule is CC(C)N(Cc1ccccc1)CC(C)(N)c1ccccc1. The summed E-state index contributed by atoms with van der Waals surface area (Å²) in [7, 11) is 0. The third-order valence-corrected chi connectivity index (χ3v) is 3.92. The van der Waals surface area contributed by atoms with Crippen molar-refractivity contribution >= 4 is 0 Å². The second-order valence-corrected chi connectivity index (χ2v) is 6.27. The van der Waals surface area contributed by atoms with Crippen LogP contribution in [0.5, 0.6) is 0 Å². The van der Waals surface area contributed by atoms with Crippen LogP contribution in [0.25, 0.3) is 0 Å². The Morgan fingerprint density at radius 1 is 0.952 bits per heavy atom. The molecule has 112 valence electrons. The molecule has 1 unspecified atom stereocenters. The van der Waals surface area contributed by atoms with Crippen LogP contribution in [-0.4, -0.2) is 17.5 Å². The minimum atomic E-state index is -0.347. The number of nitrogens with zero attached hydrogens (tertiary/aromatic N) is 1. The summed E-state index contributed by atoms with van der Waals surface area (Å²) < 4.78 is 0. The highest BCUT2D eigenvalue weighted by Gasteiger charge is 2.25. The molecule has 0 amide bonds. The maximum absolute atomic E-state index is 6.59. The Kier molecular flexibility index (Phi) is 5.16. The molecule has 2 rings (SSSR count). The predicted molar refractivity (Wildman–Crippen MR) is 90.0 cm³/mol. The minimum Gasteiger partial charge on any atom is -0.321 e. The summed E-state index contributed by atoms with van der Waals surface area (Å²) in [6.07, 6.45) is 0. The molecular formula is C19H26N2. The summed E-state index contributed by atoms with van der Waals surface area (Å²) in [4.78, 5) is 2.43. The molecule has 0 fully saturated rings. The van der Waals surface area contributed by atoms with Crippen LogP contribution in [0.15, 0.2) is 60.7 Å². The Morgan fingerprint density at radius 2 is 1.48 bits per heavy atom. The van der Waals surface area contributed by atoms with Gasteiger partial charge >= 0.3 is 0 Å². The molecule has 0 aliphatic heterocycles. The standard InChI is InChI=1S/C19H26N2/c1-16(2)21(14-17-10-6-4-7-11-17)15-19(3,20)18-12-8-5-9-13-18/h4-13,16H,14-15,20H2,1-3H3. The predicted octanol–water partition coefficient (Wildman–Crippen LogP) is 3.77. The minimum absolute atomic E-state index is 0.347. The highest BCUT2D eigenvalue weighted by Crippen LogP contribution is 2.21. The summed E-state index contributed by atoms with van der Waals surface area (Å²) in [5.74, 6) is 0. The normalized spacial score (nSPS) is 14.4. The largest absolute Gasteiger partial charge is 0.321 e. The van der Waals surface area contributed by atoms with Crippen LogP contribution in [0, 0.1) is 0 Å². The molecule has 2 aromatic carbocycles. The fourth-order valence-electron chi connectivity index (χ4n) is 2.57. The van der Waals surface area contributed by atoms with Crippen LogP contribution in [0.2, 0.25) is 0 Å². The molecule has 1 atom stereocenters. The lowest BCUT2D eigenvalue weighted by molar-refractivity contribution is 0.168. The van der Waals surface area contributed by atoms with E-state index in [1.54, 1.807) is 0 Å². The lowest BCUT2D eigenvalue weighted by Crippen LogP contribution is -2.47. The van der Waals surface area contributed by atoms with Gasteiger partial charge in [0.2, 0.25) is 0 Å². The second-order valence-electron chi connectivity index (χ2n) is 6.27. The summed E-state index contributed by atoms with van der Waals surface area (Å²) in [6.45, 7) is 8.33. The van der Waals surface area contributed by atoms with E-state index in [9.17, 15) is 0 Å². The molecule has 0 spiro atoms. The summed E-state index contributed by atoms with van der Waals surface area (Å²) >= 11 is 0. The first kappa shape index (κ1) is 15.7. The molecule has 0 saturated heterocycles. The topological polar surface area (TPSA) is 29.3 Å². The van der Waals surface area contributed by atoms with E-state index < -0.39 is 0 Å². The molecule has 0 aromatic heterocycles. The first-order valence-electron chi connectivity index (χ1n) is 7.61. The molecule has 2 aromatic rings. The lowest BCUT2D eigenvalue weighted by Gasteiger charge is -2.35. The monoisotopic (exact) mass is 282 g/mol. The van der Waals surface area contributed by atoms with Gasteiger partial charge in [0.25, 0.3) is 0 Å². The number of rotatable bonds is 6. The molecule has 0 bridgehead atoms. The molecule has 0 heterocycles. The molecule has 0 radical (unpaired) electrons. The van der Waals surface area contributed by atoms with Crippen molar-refractivity contribution in [2.24, 2.45) is 5.73 Å². The van der Waals surface area contributed by atoms with Crippen molar-refractivity contribution in [2.45, 2.75) is 38.9 Å². The van der Waals surface area contributed by atoms with Crippen molar-refractivity contribution in [3.8, 4) is 0 Å². The van der Waals surface area contributed by atoms with Crippen LogP contribution in [0.4, 0.5) is 0 Å². The highest BCUT2D eigenvalue weighted by atomic mass is 15.2. The van der Waals surface area contributed by atoms with Gasteiger partial charge in [0.05, 0.1) is 5.54 Å². The molecule has 0 saturated carbocycles. The summed E-state index contributed by atoms with van der Waals surface area (Å²) in [5.41, 5.74) is 8.75.